The Bertz CT molecular complexity index is 424. The van der Waals surface area contributed by atoms with Crippen molar-refractivity contribution in [3.63, 3.8) is 0 Å². The van der Waals surface area contributed by atoms with Crippen LogP contribution in [-0.2, 0) is 5.33 Å². The summed E-state index contributed by atoms with van der Waals surface area (Å²) in [6.45, 7) is 0. The normalized spacial score (nSPS) is 11.8. The largest absolute Gasteiger partial charge is 0.573 e. The first kappa shape index (κ1) is 14.9. The van der Waals surface area contributed by atoms with Crippen LogP contribution in [0.2, 0.25) is 0 Å². The van der Waals surface area contributed by atoms with Gasteiger partial charge in [0.2, 0.25) is 5.88 Å². The number of pyridine rings is 1. The van der Waals surface area contributed by atoms with Gasteiger partial charge in [-0.3, -0.25) is 0 Å². The zero-order valence-electron chi connectivity index (χ0n) is 8.89. The summed E-state index contributed by atoms with van der Waals surface area (Å²) in [7, 11) is 1.17. The highest BCUT2D eigenvalue weighted by Gasteiger charge is 2.35. The molecule has 3 nitrogen and oxygen atoms in total. The van der Waals surface area contributed by atoms with Crippen molar-refractivity contribution in [2.75, 3.05) is 7.11 Å². The molecule has 0 aliphatic carbocycles. The van der Waals surface area contributed by atoms with E-state index in [0.717, 1.165) is 6.07 Å². The summed E-state index contributed by atoms with van der Waals surface area (Å²) in [5.74, 6) is -1.22. The van der Waals surface area contributed by atoms with Gasteiger partial charge in [0.25, 0.3) is 6.43 Å². The Morgan fingerprint density at radius 2 is 2.00 bits per heavy atom. The summed E-state index contributed by atoms with van der Waals surface area (Å²) in [4.78, 5) is 3.27. The van der Waals surface area contributed by atoms with Gasteiger partial charge in [0.05, 0.1) is 7.11 Å². The summed E-state index contributed by atoms with van der Waals surface area (Å²) < 4.78 is 70.0. The molecule has 0 saturated carbocycles. The van der Waals surface area contributed by atoms with Gasteiger partial charge in [0.15, 0.2) is 11.4 Å². The van der Waals surface area contributed by atoms with E-state index in [1.165, 1.54) is 7.11 Å². The highest BCUT2D eigenvalue weighted by molar-refractivity contribution is 9.08. The summed E-state index contributed by atoms with van der Waals surface area (Å²) in [6.07, 6.45) is -8.29. The van der Waals surface area contributed by atoms with Crippen LogP contribution in [0.3, 0.4) is 0 Å². The minimum Gasteiger partial charge on any atom is -0.481 e. The molecular weight excluding hydrogens is 329 g/mol. The predicted octanol–water partition coefficient (Wildman–Crippen LogP) is 3.82. The number of halogens is 6. The molecule has 9 heteroatoms. The molecule has 0 aromatic carbocycles. The molecular formula is C9H7BrF5NO2. The van der Waals surface area contributed by atoms with Gasteiger partial charge in [-0.1, -0.05) is 15.9 Å². The van der Waals surface area contributed by atoms with Crippen molar-refractivity contribution in [3.05, 3.63) is 17.3 Å². The lowest BCUT2D eigenvalue weighted by Crippen LogP contribution is -2.20. The van der Waals surface area contributed by atoms with Gasteiger partial charge in [-0.05, 0) is 0 Å². The number of hydrogen-bond acceptors (Lipinski definition) is 3. The van der Waals surface area contributed by atoms with Crippen molar-refractivity contribution in [3.8, 4) is 11.6 Å². The van der Waals surface area contributed by atoms with Gasteiger partial charge in [-0.15, -0.1) is 13.2 Å². The summed E-state index contributed by atoms with van der Waals surface area (Å²) in [5.41, 5.74) is -1.24. The molecule has 0 atom stereocenters. The van der Waals surface area contributed by atoms with E-state index in [1.807, 2.05) is 0 Å². The van der Waals surface area contributed by atoms with Crippen molar-refractivity contribution in [2.24, 2.45) is 0 Å². The second-order valence-corrected chi connectivity index (χ2v) is 3.58. The van der Waals surface area contributed by atoms with E-state index >= 15 is 0 Å². The molecule has 0 aliphatic rings. The van der Waals surface area contributed by atoms with Crippen molar-refractivity contribution in [1.29, 1.82) is 0 Å². The molecule has 0 aliphatic heterocycles. The lowest BCUT2D eigenvalue weighted by Gasteiger charge is -2.16. The van der Waals surface area contributed by atoms with Crippen molar-refractivity contribution >= 4 is 15.9 Å². The highest BCUT2D eigenvalue weighted by atomic mass is 79.9. The monoisotopic (exact) mass is 335 g/mol. The van der Waals surface area contributed by atoms with Crippen LogP contribution in [0.5, 0.6) is 11.6 Å². The molecule has 0 unspecified atom stereocenters. The zero-order valence-corrected chi connectivity index (χ0v) is 10.5. The molecule has 18 heavy (non-hydrogen) atoms. The Kier molecular flexibility index (Phi) is 4.71. The Morgan fingerprint density at radius 3 is 2.39 bits per heavy atom. The van der Waals surface area contributed by atoms with Gasteiger partial charge in [0, 0.05) is 17.0 Å². The maximum Gasteiger partial charge on any atom is 0.573 e. The van der Waals surface area contributed by atoms with Gasteiger partial charge >= 0.3 is 6.36 Å². The Labute approximate surface area is 107 Å². The van der Waals surface area contributed by atoms with Crippen molar-refractivity contribution < 1.29 is 31.4 Å². The molecule has 0 N–H and O–H groups in total. The lowest BCUT2D eigenvalue weighted by atomic mass is 10.2. The molecule has 102 valence electrons. The second-order valence-electron chi connectivity index (χ2n) is 3.02. The first-order valence-electron chi connectivity index (χ1n) is 4.46. The first-order valence-corrected chi connectivity index (χ1v) is 5.58. The quantitative estimate of drug-likeness (QED) is 0.619. The fourth-order valence-corrected chi connectivity index (χ4v) is 1.58. The Morgan fingerprint density at radius 1 is 1.39 bits per heavy atom. The van der Waals surface area contributed by atoms with Crippen LogP contribution in [0.4, 0.5) is 22.0 Å². The van der Waals surface area contributed by atoms with E-state index < -0.39 is 24.2 Å². The Balaban J connectivity index is 3.35. The number of alkyl halides is 6. The predicted molar refractivity (Wildman–Crippen MR) is 55.1 cm³/mol. The smallest absolute Gasteiger partial charge is 0.481 e. The number of ether oxygens (including phenoxy) is 2. The lowest BCUT2D eigenvalue weighted by molar-refractivity contribution is -0.275. The zero-order chi connectivity index (χ0) is 13.9. The molecule has 0 bridgehead atoms. The average molecular weight is 336 g/mol. The van der Waals surface area contributed by atoms with Gasteiger partial charge in [0.1, 0.15) is 0 Å². The Hall–Kier alpha value is -1.12. The van der Waals surface area contributed by atoms with Crippen molar-refractivity contribution in [2.45, 2.75) is 18.1 Å². The number of hydrogen-bond donors (Lipinski definition) is 0. The SMILES string of the molecule is COc1cc(CBr)c(OC(F)(F)F)c(C(F)F)n1. The van der Waals surface area contributed by atoms with E-state index in [0.29, 0.717) is 0 Å². The van der Waals surface area contributed by atoms with Crippen molar-refractivity contribution in [1.82, 2.24) is 4.98 Å². The molecule has 0 spiro atoms. The molecule has 0 fully saturated rings. The van der Waals surface area contributed by atoms with E-state index in [-0.39, 0.29) is 16.8 Å². The van der Waals surface area contributed by atoms with E-state index in [4.69, 9.17) is 0 Å². The highest BCUT2D eigenvalue weighted by Crippen LogP contribution is 2.37. The van der Waals surface area contributed by atoms with Crippen LogP contribution in [0.15, 0.2) is 6.07 Å². The third-order valence-electron chi connectivity index (χ3n) is 1.83. The number of rotatable bonds is 4. The summed E-state index contributed by atoms with van der Waals surface area (Å²) >= 11 is 2.89. The van der Waals surface area contributed by atoms with E-state index in [1.54, 1.807) is 0 Å². The maximum atomic E-state index is 12.7. The second kappa shape index (κ2) is 5.68. The van der Waals surface area contributed by atoms with Crippen LogP contribution >= 0.6 is 15.9 Å². The summed E-state index contributed by atoms with van der Waals surface area (Å²) in [5, 5.41) is -0.114. The minimum absolute atomic E-state index is 0.114. The van der Waals surface area contributed by atoms with E-state index in [9.17, 15) is 22.0 Å². The number of aromatic nitrogens is 1. The molecule has 1 aromatic heterocycles. The van der Waals surface area contributed by atoms with Gasteiger partial charge in [-0.25, -0.2) is 13.8 Å². The minimum atomic E-state index is -5.07. The number of methoxy groups -OCH3 is 1. The van der Waals surface area contributed by atoms with Crippen LogP contribution < -0.4 is 9.47 Å². The van der Waals surface area contributed by atoms with Gasteiger partial charge < -0.3 is 9.47 Å². The average Bonchev–Trinajstić information content (AvgIpc) is 2.26. The molecule has 0 radical (unpaired) electrons. The molecule has 1 aromatic rings. The van der Waals surface area contributed by atoms with Crippen LogP contribution in [0.1, 0.15) is 17.7 Å². The van der Waals surface area contributed by atoms with Crippen LogP contribution in [0, 0.1) is 0 Å². The molecule has 1 rings (SSSR count). The third kappa shape index (κ3) is 3.69. The third-order valence-corrected chi connectivity index (χ3v) is 2.43. The standard InChI is InChI=1S/C9H7BrF5NO2/c1-17-5-2-4(3-10)7(18-9(13,14)15)6(16-5)8(11)12/h2,8H,3H2,1H3. The topological polar surface area (TPSA) is 31.4 Å². The molecule has 1 heterocycles. The fraction of sp³-hybridized carbons (Fsp3) is 0.444. The first-order chi connectivity index (χ1) is 8.28. The maximum absolute atomic E-state index is 12.7. The molecule has 0 saturated heterocycles. The van der Waals surface area contributed by atoms with Crippen LogP contribution in [-0.4, -0.2) is 18.5 Å². The van der Waals surface area contributed by atoms with Crippen LogP contribution in [0.25, 0.3) is 0 Å². The van der Waals surface area contributed by atoms with E-state index in [2.05, 4.69) is 30.4 Å². The number of nitrogens with zero attached hydrogens (tertiary/aromatic N) is 1. The summed E-state index contributed by atoms with van der Waals surface area (Å²) in [6, 6.07) is 1.09. The van der Waals surface area contributed by atoms with Gasteiger partial charge in [-0.2, -0.15) is 0 Å². The fourth-order valence-electron chi connectivity index (χ4n) is 1.17. The molecule has 0 amide bonds.